The number of thioether (sulfide) groups is 1. The minimum atomic E-state index is -2.47. The van der Waals surface area contributed by atoms with Crippen LogP contribution in [0.3, 0.4) is 0 Å². The largest absolute Gasteiger partial charge is 0.339 e. The molecular weight excluding hydrogens is 356 g/mol. The van der Waals surface area contributed by atoms with Crippen LogP contribution in [0.5, 0.6) is 0 Å². The molecule has 3 nitrogen and oxygen atoms in total. The summed E-state index contributed by atoms with van der Waals surface area (Å²) in [4.78, 5) is 27.2. The summed E-state index contributed by atoms with van der Waals surface area (Å²) in [5.74, 6) is -2.53. The van der Waals surface area contributed by atoms with Crippen molar-refractivity contribution in [3.8, 4) is 0 Å². The molecule has 0 N–H and O–H groups in total. The van der Waals surface area contributed by atoms with Gasteiger partial charge in [-0.2, -0.15) is 8.78 Å². The fourth-order valence-electron chi connectivity index (χ4n) is 3.14. The predicted molar refractivity (Wildman–Crippen MR) is 97.7 cm³/mol. The van der Waals surface area contributed by atoms with Gasteiger partial charge in [-0.1, -0.05) is 42.1 Å². The van der Waals surface area contributed by atoms with Gasteiger partial charge < -0.3 is 4.90 Å². The summed E-state index contributed by atoms with van der Waals surface area (Å²) < 4.78 is 24.7. The molecule has 1 aliphatic heterocycles. The Morgan fingerprint density at radius 2 is 1.54 bits per heavy atom. The monoisotopic (exact) mass is 375 g/mol. The van der Waals surface area contributed by atoms with E-state index < -0.39 is 5.76 Å². The maximum absolute atomic E-state index is 12.6. The quantitative estimate of drug-likeness (QED) is 0.560. The molecule has 0 spiro atoms. The van der Waals surface area contributed by atoms with Crippen molar-refractivity contribution in [2.24, 2.45) is 5.92 Å². The third-order valence-corrected chi connectivity index (χ3v) is 5.26. The van der Waals surface area contributed by atoms with Gasteiger partial charge in [-0.05, 0) is 37.1 Å². The Kier molecular flexibility index (Phi) is 6.04. The highest BCUT2D eigenvalue weighted by Crippen LogP contribution is 2.26. The summed E-state index contributed by atoms with van der Waals surface area (Å²) in [6, 6.07) is 15.4. The van der Waals surface area contributed by atoms with Crippen LogP contribution in [0.2, 0.25) is 0 Å². The second-order valence-corrected chi connectivity index (χ2v) is 7.26. The molecule has 0 radical (unpaired) electrons. The molecule has 1 fully saturated rings. The maximum Gasteiger partial charge on any atom is 0.288 e. The molecule has 1 aliphatic rings. The topological polar surface area (TPSA) is 37.4 Å². The minimum absolute atomic E-state index is 0.0636. The van der Waals surface area contributed by atoms with E-state index in [4.69, 9.17) is 0 Å². The number of Topliss-reactive ketones (excluding diaryl/α,β-unsaturated/α-hetero) is 1. The van der Waals surface area contributed by atoms with Crippen LogP contribution >= 0.6 is 11.8 Å². The molecule has 3 rings (SSSR count). The normalized spacial score (nSPS) is 15.3. The van der Waals surface area contributed by atoms with E-state index in [1.807, 2.05) is 30.3 Å². The van der Waals surface area contributed by atoms with Crippen LogP contribution in [0.25, 0.3) is 0 Å². The van der Waals surface area contributed by atoms with Crippen LogP contribution in [0, 0.1) is 5.92 Å². The first-order valence-electron chi connectivity index (χ1n) is 8.48. The summed E-state index contributed by atoms with van der Waals surface area (Å²) in [5.41, 5.74) is 1.20. The lowest BCUT2D eigenvalue weighted by Crippen LogP contribution is -2.40. The van der Waals surface area contributed by atoms with Gasteiger partial charge in [-0.15, -0.1) is 0 Å². The van der Waals surface area contributed by atoms with Crippen LogP contribution in [0.15, 0.2) is 59.5 Å². The van der Waals surface area contributed by atoms with Crippen molar-refractivity contribution in [2.75, 3.05) is 13.1 Å². The highest BCUT2D eigenvalue weighted by molar-refractivity contribution is 7.99. The number of likely N-dealkylation sites (tertiary alicyclic amines) is 1. The molecule has 6 heteroatoms. The number of hydrogen-bond acceptors (Lipinski definition) is 3. The Balaban J connectivity index is 1.57. The highest BCUT2D eigenvalue weighted by Gasteiger charge is 2.28. The third kappa shape index (κ3) is 4.49. The average Bonchev–Trinajstić information content (AvgIpc) is 2.68. The van der Waals surface area contributed by atoms with E-state index in [0.717, 1.165) is 0 Å². The molecule has 2 aromatic rings. The van der Waals surface area contributed by atoms with Gasteiger partial charge in [0.25, 0.3) is 11.7 Å². The number of rotatable bonds is 5. The van der Waals surface area contributed by atoms with E-state index in [2.05, 4.69) is 0 Å². The van der Waals surface area contributed by atoms with Gasteiger partial charge in [-0.25, -0.2) is 0 Å². The molecule has 0 atom stereocenters. The summed E-state index contributed by atoms with van der Waals surface area (Å²) in [7, 11) is 0. The number of carbonyl (C=O) groups is 2. The molecule has 1 heterocycles. The molecule has 0 unspecified atom stereocenters. The maximum atomic E-state index is 12.6. The summed E-state index contributed by atoms with van der Waals surface area (Å²) in [6.45, 7) is 1.05. The smallest absolute Gasteiger partial charge is 0.288 e. The van der Waals surface area contributed by atoms with Gasteiger partial charge in [0.15, 0.2) is 5.78 Å². The number of amides is 1. The summed E-state index contributed by atoms with van der Waals surface area (Å²) >= 11 is 0.460. The number of ketones is 1. The van der Waals surface area contributed by atoms with Gasteiger partial charge in [0.2, 0.25) is 0 Å². The standard InChI is InChI=1S/C20H19F2NO2S/c21-20(22)26-17-8-6-16(7-9-17)19(25)23-12-10-15(11-13-23)18(24)14-4-2-1-3-5-14/h1-9,15,20H,10-13H2. The molecule has 1 amide bonds. The number of nitrogens with zero attached hydrogens (tertiary/aromatic N) is 1. The first-order chi connectivity index (χ1) is 12.5. The Bertz CT molecular complexity index is 757. The van der Waals surface area contributed by atoms with Crippen LogP contribution in [0.1, 0.15) is 33.6 Å². The van der Waals surface area contributed by atoms with E-state index in [0.29, 0.717) is 53.7 Å². The van der Waals surface area contributed by atoms with Crippen molar-refractivity contribution in [2.45, 2.75) is 23.5 Å². The zero-order valence-corrected chi connectivity index (χ0v) is 14.9. The summed E-state index contributed by atoms with van der Waals surface area (Å²) in [5, 5.41) is 0. The van der Waals surface area contributed by atoms with Gasteiger partial charge in [0.05, 0.1) is 0 Å². The number of piperidine rings is 1. The SMILES string of the molecule is O=C(c1ccccc1)C1CCN(C(=O)c2ccc(SC(F)F)cc2)CC1. The molecule has 0 saturated carbocycles. The number of carbonyl (C=O) groups excluding carboxylic acids is 2. The molecule has 1 saturated heterocycles. The van der Waals surface area contributed by atoms with Gasteiger partial charge >= 0.3 is 0 Å². The Labute approximate surface area is 155 Å². The number of hydrogen-bond donors (Lipinski definition) is 0. The number of alkyl halides is 2. The van der Waals surface area contributed by atoms with E-state index in [9.17, 15) is 18.4 Å². The van der Waals surface area contributed by atoms with Crippen molar-refractivity contribution >= 4 is 23.5 Å². The van der Waals surface area contributed by atoms with Gasteiger partial charge in [-0.3, -0.25) is 9.59 Å². The molecule has 2 aromatic carbocycles. The second-order valence-electron chi connectivity index (χ2n) is 6.20. The van der Waals surface area contributed by atoms with Crippen LogP contribution in [-0.2, 0) is 0 Å². The number of benzene rings is 2. The van der Waals surface area contributed by atoms with Gasteiger partial charge in [0.1, 0.15) is 0 Å². The molecule has 0 aromatic heterocycles. The lowest BCUT2D eigenvalue weighted by Gasteiger charge is -2.31. The number of halogens is 2. The highest BCUT2D eigenvalue weighted by atomic mass is 32.2. The zero-order chi connectivity index (χ0) is 18.5. The first kappa shape index (κ1) is 18.6. The molecule has 136 valence electrons. The van der Waals surface area contributed by atoms with Crippen molar-refractivity contribution in [1.29, 1.82) is 0 Å². The lowest BCUT2D eigenvalue weighted by molar-refractivity contribution is 0.0650. The predicted octanol–water partition coefficient (Wildman–Crippen LogP) is 4.74. The fourth-order valence-corrected chi connectivity index (χ4v) is 3.64. The first-order valence-corrected chi connectivity index (χ1v) is 9.36. The third-order valence-electron chi connectivity index (χ3n) is 4.54. The van der Waals surface area contributed by atoms with Crippen molar-refractivity contribution in [3.63, 3.8) is 0 Å². The fraction of sp³-hybridized carbons (Fsp3) is 0.300. The van der Waals surface area contributed by atoms with Crippen LogP contribution in [-0.4, -0.2) is 35.4 Å². The average molecular weight is 375 g/mol. The summed E-state index contributed by atoms with van der Waals surface area (Å²) in [6.07, 6.45) is 1.28. The second kappa shape index (κ2) is 8.45. The van der Waals surface area contributed by atoms with E-state index in [-0.39, 0.29) is 17.6 Å². The van der Waals surface area contributed by atoms with Crippen LogP contribution < -0.4 is 0 Å². The van der Waals surface area contributed by atoms with E-state index >= 15 is 0 Å². The van der Waals surface area contributed by atoms with Crippen molar-refractivity contribution < 1.29 is 18.4 Å². The zero-order valence-electron chi connectivity index (χ0n) is 14.1. The molecule has 0 aliphatic carbocycles. The Hall–Kier alpha value is -2.21. The molecule has 0 bridgehead atoms. The Morgan fingerprint density at radius 1 is 0.923 bits per heavy atom. The minimum Gasteiger partial charge on any atom is -0.339 e. The van der Waals surface area contributed by atoms with E-state index in [1.165, 1.54) is 12.1 Å². The molecule has 26 heavy (non-hydrogen) atoms. The van der Waals surface area contributed by atoms with Crippen LogP contribution in [0.4, 0.5) is 8.78 Å². The Morgan fingerprint density at radius 3 is 2.12 bits per heavy atom. The van der Waals surface area contributed by atoms with Gasteiger partial charge in [0, 0.05) is 35.0 Å². The van der Waals surface area contributed by atoms with E-state index in [1.54, 1.807) is 17.0 Å². The lowest BCUT2D eigenvalue weighted by atomic mass is 9.88. The molecular formula is C20H19F2NO2S. The van der Waals surface area contributed by atoms with Crippen molar-refractivity contribution in [1.82, 2.24) is 4.90 Å². The van der Waals surface area contributed by atoms with Crippen molar-refractivity contribution in [3.05, 3.63) is 65.7 Å².